The standard InChI is InChI=1S/C9H9NOS/c11-9-3-1-8(2-4-9)5-6-10-7-12/h1-4,11H,5-6H2. The van der Waals surface area contributed by atoms with E-state index in [0.29, 0.717) is 6.54 Å². The van der Waals surface area contributed by atoms with E-state index in [1.54, 1.807) is 12.1 Å². The van der Waals surface area contributed by atoms with E-state index in [0.717, 1.165) is 12.0 Å². The van der Waals surface area contributed by atoms with Crippen LogP contribution in [0.3, 0.4) is 0 Å². The van der Waals surface area contributed by atoms with Crippen LogP contribution in [0.5, 0.6) is 5.75 Å². The molecule has 3 heteroatoms. The van der Waals surface area contributed by atoms with E-state index >= 15 is 0 Å². The van der Waals surface area contributed by atoms with Gasteiger partial charge in [-0.05, 0) is 36.3 Å². The van der Waals surface area contributed by atoms with Crippen LogP contribution < -0.4 is 0 Å². The quantitative estimate of drug-likeness (QED) is 0.569. The van der Waals surface area contributed by atoms with Crippen LogP contribution in [0.4, 0.5) is 0 Å². The maximum absolute atomic E-state index is 8.98. The minimum Gasteiger partial charge on any atom is -0.508 e. The Bertz CT molecular complexity index is 288. The number of aliphatic imine (C=N–C) groups is 1. The summed E-state index contributed by atoms with van der Waals surface area (Å²) in [4.78, 5) is 3.79. The van der Waals surface area contributed by atoms with Gasteiger partial charge in [-0.1, -0.05) is 12.1 Å². The fourth-order valence-electron chi connectivity index (χ4n) is 0.893. The largest absolute Gasteiger partial charge is 0.508 e. The van der Waals surface area contributed by atoms with E-state index in [4.69, 9.17) is 5.11 Å². The number of nitrogens with zero attached hydrogens (tertiary/aromatic N) is 1. The smallest absolute Gasteiger partial charge is 0.115 e. The number of thiocarbonyl (C=S) groups is 1. The minimum absolute atomic E-state index is 0.289. The number of benzene rings is 1. The average Bonchev–Trinajstić information content (AvgIpc) is 2.09. The fourth-order valence-corrected chi connectivity index (χ4v) is 0.985. The van der Waals surface area contributed by atoms with Crippen molar-refractivity contribution in [2.24, 2.45) is 4.99 Å². The second kappa shape index (κ2) is 4.65. The van der Waals surface area contributed by atoms with Gasteiger partial charge in [0.1, 0.15) is 5.75 Å². The van der Waals surface area contributed by atoms with Crippen LogP contribution in [0, 0.1) is 0 Å². The number of hydrogen-bond acceptors (Lipinski definition) is 3. The Morgan fingerprint density at radius 3 is 2.58 bits per heavy atom. The summed E-state index contributed by atoms with van der Waals surface area (Å²) >= 11 is 4.43. The maximum atomic E-state index is 8.98. The highest BCUT2D eigenvalue weighted by Gasteiger charge is 1.91. The van der Waals surface area contributed by atoms with Gasteiger partial charge in [0, 0.05) is 0 Å². The maximum Gasteiger partial charge on any atom is 0.115 e. The van der Waals surface area contributed by atoms with Crippen molar-refractivity contribution in [2.45, 2.75) is 6.42 Å². The van der Waals surface area contributed by atoms with Crippen LogP contribution in [-0.4, -0.2) is 16.8 Å². The van der Waals surface area contributed by atoms with Crippen LogP contribution in [0.1, 0.15) is 5.56 Å². The molecule has 0 saturated heterocycles. The molecular formula is C9H9NOS. The third-order valence-corrected chi connectivity index (χ3v) is 1.64. The monoisotopic (exact) mass is 179 g/mol. The molecular weight excluding hydrogens is 170 g/mol. The number of isothiocyanates is 1. The third-order valence-electron chi connectivity index (χ3n) is 1.51. The molecule has 0 aliphatic carbocycles. The van der Waals surface area contributed by atoms with E-state index < -0.39 is 0 Å². The van der Waals surface area contributed by atoms with Gasteiger partial charge in [-0.25, -0.2) is 4.99 Å². The van der Waals surface area contributed by atoms with Gasteiger partial charge in [-0.2, -0.15) is 0 Å². The zero-order chi connectivity index (χ0) is 8.81. The van der Waals surface area contributed by atoms with E-state index in [1.807, 2.05) is 12.1 Å². The molecule has 0 aliphatic heterocycles. The summed E-state index contributed by atoms with van der Waals surface area (Å²) in [5, 5.41) is 11.3. The van der Waals surface area contributed by atoms with Gasteiger partial charge < -0.3 is 5.11 Å². The summed E-state index contributed by atoms with van der Waals surface area (Å²) in [6.45, 7) is 0.661. The molecule has 12 heavy (non-hydrogen) atoms. The van der Waals surface area contributed by atoms with Gasteiger partial charge in [0.2, 0.25) is 0 Å². The first kappa shape index (κ1) is 8.91. The molecule has 0 unspecified atom stereocenters. The van der Waals surface area contributed by atoms with Crippen molar-refractivity contribution in [1.29, 1.82) is 0 Å². The first-order valence-electron chi connectivity index (χ1n) is 3.64. The molecule has 0 radical (unpaired) electrons. The number of hydrogen-bond donors (Lipinski definition) is 1. The lowest BCUT2D eigenvalue weighted by atomic mass is 10.1. The minimum atomic E-state index is 0.289. The molecule has 0 atom stereocenters. The topological polar surface area (TPSA) is 32.6 Å². The summed E-state index contributed by atoms with van der Waals surface area (Å²) in [5.41, 5.74) is 1.14. The molecule has 0 amide bonds. The summed E-state index contributed by atoms with van der Waals surface area (Å²) < 4.78 is 0. The molecule has 0 bridgehead atoms. The molecule has 1 aromatic carbocycles. The van der Waals surface area contributed by atoms with Crippen molar-refractivity contribution in [3.8, 4) is 5.75 Å². The van der Waals surface area contributed by atoms with Gasteiger partial charge in [0.05, 0.1) is 11.7 Å². The SMILES string of the molecule is Oc1ccc(CCN=C=S)cc1. The van der Waals surface area contributed by atoms with E-state index in [-0.39, 0.29) is 5.75 Å². The van der Waals surface area contributed by atoms with Gasteiger partial charge >= 0.3 is 0 Å². The lowest BCUT2D eigenvalue weighted by Crippen LogP contribution is -1.87. The van der Waals surface area contributed by atoms with E-state index in [2.05, 4.69) is 22.4 Å². The zero-order valence-corrected chi connectivity index (χ0v) is 7.34. The summed E-state index contributed by atoms with van der Waals surface area (Å²) in [7, 11) is 0. The lowest BCUT2D eigenvalue weighted by Gasteiger charge is -1.96. The Balaban J connectivity index is 2.53. The summed E-state index contributed by atoms with van der Waals surface area (Å²) in [5.74, 6) is 0.289. The average molecular weight is 179 g/mol. The summed E-state index contributed by atoms with van der Waals surface area (Å²) in [6.07, 6.45) is 0.837. The van der Waals surface area contributed by atoms with E-state index in [1.165, 1.54) is 0 Å². The number of aromatic hydroxyl groups is 1. The fraction of sp³-hybridized carbons (Fsp3) is 0.222. The lowest BCUT2D eigenvalue weighted by molar-refractivity contribution is 0.475. The molecule has 0 aliphatic rings. The molecule has 0 fully saturated rings. The molecule has 1 aromatic rings. The Kier molecular flexibility index (Phi) is 3.45. The van der Waals surface area contributed by atoms with Crippen molar-refractivity contribution in [3.05, 3.63) is 29.8 Å². The van der Waals surface area contributed by atoms with E-state index in [9.17, 15) is 0 Å². The highest BCUT2D eigenvalue weighted by atomic mass is 32.1. The van der Waals surface area contributed by atoms with Gasteiger partial charge in [0.15, 0.2) is 0 Å². The molecule has 2 nitrogen and oxygen atoms in total. The van der Waals surface area contributed by atoms with Crippen LogP contribution in [0.25, 0.3) is 0 Å². The van der Waals surface area contributed by atoms with Crippen LogP contribution in [0.2, 0.25) is 0 Å². The van der Waals surface area contributed by atoms with Gasteiger partial charge in [0.25, 0.3) is 0 Å². The van der Waals surface area contributed by atoms with Gasteiger partial charge in [-0.3, -0.25) is 0 Å². The molecule has 0 heterocycles. The highest BCUT2D eigenvalue weighted by Crippen LogP contribution is 2.09. The first-order chi connectivity index (χ1) is 5.83. The molecule has 0 spiro atoms. The Morgan fingerprint density at radius 2 is 2.00 bits per heavy atom. The summed E-state index contributed by atoms with van der Waals surface area (Å²) in [6, 6.07) is 7.06. The van der Waals surface area contributed by atoms with Crippen molar-refractivity contribution in [1.82, 2.24) is 0 Å². The highest BCUT2D eigenvalue weighted by molar-refractivity contribution is 7.78. The van der Waals surface area contributed by atoms with Gasteiger partial charge in [-0.15, -0.1) is 0 Å². The second-order valence-electron chi connectivity index (χ2n) is 2.39. The Hall–Kier alpha value is -1.18. The molecule has 1 N–H and O–H groups in total. The molecule has 0 aromatic heterocycles. The third kappa shape index (κ3) is 2.82. The molecule has 62 valence electrons. The van der Waals surface area contributed by atoms with Crippen molar-refractivity contribution in [2.75, 3.05) is 6.54 Å². The Labute approximate surface area is 76.6 Å². The predicted molar refractivity (Wildman–Crippen MR) is 51.7 cm³/mol. The molecule has 0 saturated carbocycles. The first-order valence-corrected chi connectivity index (χ1v) is 4.05. The number of phenolic OH excluding ortho intramolecular Hbond substituents is 1. The van der Waals surface area contributed by atoms with Crippen LogP contribution in [-0.2, 0) is 6.42 Å². The predicted octanol–water partition coefficient (Wildman–Crippen LogP) is 2.04. The van der Waals surface area contributed by atoms with Crippen LogP contribution >= 0.6 is 12.2 Å². The Morgan fingerprint density at radius 1 is 1.33 bits per heavy atom. The normalized spacial score (nSPS) is 9.00. The second-order valence-corrected chi connectivity index (χ2v) is 2.57. The molecule has 1 rings (SSSR count). The van der Waals surface area contributed by atoms with Crippen molar-refractivity contribution < 1.29 is 5.11 Å². The van der Waals surface area contributed by atoms with Crippen molar-refractivity contribution in [3.63, 3.8) is 0 Å². The van der Waals surface area contributed by atoms with Crippen LogP contribution in [0.15, 0.2) is 29.3 Å². The number of rotatable bonds is 3. The van der Waals surface area contributed by atoms with Crippen molar-refractivity contribution >= 4 is 17.4 Å². The zero-order valence-electron chi connectivity index (χ0n) is 6.53. The number of phenols is 1.